The van der Waals surface area contributed by atoms with Gasteiger partial charge in [0.15, 0.2) is 0 Å². The standard InChI is InChI=1S/C22H28FN3O4/c1-15(14-29-3)24-21(28)22(8-10-26(11-9-22)16(2)27)13-19-12-20(25-30-19)17-4-6-18(23)7-5-17/h4-7,12,15H,8-11,13-14H2,1-3H3,(H,24,28)/t15-/m1/s1. The lowest BCUT2D eigenvalue weighted by atomic mass is 9.74. The molecular formula is C22H28FN3O4. The van der Waals surface area contributed by atoms with Crippen LogP contribution in [-0.2, 0) is 20.7 Å². The van der Waals surface area contributed by atoms with Crippen LogP contribution < -0.4 is 5.32 Å². The van der Waals surface area contributed by atoms with Gasteiger partial charge in [0, 0.05) is 51.2 Å². The highest BCUT2D eigenvalue weighted by atomic mass is 19.1. The molecule has 30 heavy (non-hydrogen) atoms. The molecule has 1 N–H and O–H groups in total. The molecule has 0 saturated carbocycles. The fourth-order valence-corrected chi connectivity index (χ4v) is 3.89. The molecule has 1 fully saturated rings. The van der Waals surface area contributed by atoms with Crippen molar-refractivity contribution in [3.8, 4) is 11.3 Å². The van der Waals surface area contributed by atoms with Crippen molar-refractivity contribution in [1.82, 2.24) is 15.4 Å². The molecule has 1 aliphatic heterocycles. The molecule has 1 aromatic heterocycles. The van der Waals surface area contributed by atoms with Crippen molar-refractivity contribution >= 4 is 11.8 Å². The van der Waals surface area contributed by atoms with Crippen molar-refractivity contribution in [2.45, 2.75) is 39.2 Å². The normalized spacial score (nSPS) is 16.9. The SMILES string of the molecule is COC[C@@H](C)NC(=O)C1(Cc2cc(-c3ccc(F)cc3)no2)CCN(C(C)=O)CC1. The molecule has 162 valence electrons. The van der Waals surface area contributed by atoms with Gasteiger partial charge in [0.25, 0.3) is 0 Å². The fraction of sp³-hybridized carbons (Fsp3) is 0.500. The predicted octanol–water partition coefficient (Wildman–Crippen LogP) is 2.80. The number of carbonyl (C=O) groups excluding carboxylic acids is 2. The van der Waals surface area contributed by atoms with E-state index in [0.717, 1.165) is 5.56 Å². The molecule has 3 rings (SSSR count). The number of amides is 2. The zero-order chi connectivity index (χ0) is 21.7. The molecule has 8 heteroatoms. The van der Waals surface area contributed by atoms with Crippen molar-refractivity contribution in [3.05, 3.63) is 41.9 Å². The number of aromatic nitrogens is 1. The van der Waals surface area contributed by atoms with Gasteiger partial charge in [-0.25, -0.2) is 4.39 Å². The molecule has 2 aromatic rings. The highest BCUT2D eigenvalue weighted by molar-refractivity contribution is 5.84. The molecule has 0 aliphatic carbocycles. The van der Waals surface area contributed by atoms with Crippen LogP contribution in [0, 0.1) is 11.2 Å². The lowest BCUT2D eigenvalue weighted by molar-refractivity contribution is -0.140. The molecule has 1 aliphatic rings. The minimum atomic E-state index is -0.701. The summed E-state index contributed by atoms with van der Waals surface area (Å²) in [6.45, 7) is 4.87. The first kappa shape index (κ1) is 22.0. The van der Waals surface area contributed by atoms with E-state index >= 15 is 0 Å². The highest BCUT2D eigenvalue weighted by Gasteiger charge is 2.43. The summed E-state index contributed by atoms with van der Waals surface area (Å²) in [6.07, 6.45) is 1.44. The molecular weight excluding hydrogens is 389 g/mol. The van der Waals surface area contributed by atoms with Gasteiger partial charge in [0.1, 0.15) is 17.3 Å². The summed E-state index contributed by atoms with van der Waals surface area (Å²) in [6, 6.07) is 7.67. The summed E-state index contributed by atoms with van der Waals surface area (Å²) in [5.41, 5.74) is 0.632. The first-order valence-electron chi connectivity index (χ1n) is 10.1. The Bertz CT molecular complexity index is 873. The number of methoxy groups -OCH3 is 1. The second-order valence-electron chi connectivity index (χ2n) is 7.98. The van der Waals surface area contributed by atoms with Crippen LogP contribution in [0.15, 0.2) is 34.9 Å². The lowest BCUT2D eigenvalue weighted by Gasteiger charge is -2.40. The summed E-state index contributed by atoms with van der Waals surface area (Å²) < 4.78 is 23.8. The number of nitrogens with zero attached hydrogens (tertiary/aromatic N) is 2. The summed E-state index contributed by atoms with van der Waals surface area (Å²) in [5, 5.41) is 7.12. The minimum absolute atomic E-state index is 0.00928. The van der Waals surface area contributed by atoms with Gasteiger partial charge in [-0.05, 0) is 44.0 Å². The number of nitrogens with one attached hydrogen (secondary N) is 1. The predicted molar refractivity (Wildman–Crippen MR) is 109 cm³/mol. The van der Waals surface area contributed by atoms with E-state index in [1.807, 2.05) is 6.92 Å². The topological polar surface area (TPSA) is 84.7 Å². The maximum Gasteiger partial charge on any atom is 0.227 e. The number of carbonyl (C=O) groups is 2. The van der Waals surface area contributed by atoms with E-state index in [9.17, 15) is 14.0 Å². The average Bonchev–Trinajstić information content (AvgIpc) is 3.17. The Hall–Kier alpha value is -2.74. The first-order chi connectivity index (χ1) is 14.3. The van der Waals surface area contributed by atoms with Crippen LogP contribution in [0.2, 0.25) is 0 Å². The Morgan fingerprint density at radius 2 is 1.97 bits per heavy atom. The van der Waals surface area contributed by atoms with Crippen molar-refractivity contribution in [1.29, 1.82) is 0 Å². The smallest absolute Gasteiger partial charge is 0.227 e. The summed E-state index contributed by atoms with van der Waals surface area (Å²) in [7, 11) is 1.59. The van der Waals surface area contributed by atoms with Crippen LogP contribution in [0.5, 0.6) is 0 Å². The van der Waals surface area contributed by atoms with Gasteiger partial charge in [-0.1, -0.05) is 5.16 Å². The third-order valence-electron chi connectivity index (χ3n) is 5.65. The second kappa shape index (κ2) is 9.38. The molecule has 1 saturated heterocycles. The van der Waals surface area contributed by atoms with Gasteiger partial charge in [-0.15, -0.1) is 0 Å². The Balaban J connectivity index is 1.80. The number of hydrogen-bond donors (Lipinski definition) is 1. The van der Waals surface area contributed by atoms with Crippen LogP contribution in [0.3, 0.4) is 0 Å². The van der Waals surface area contributed by atoms with E-state index in [2.05, 4.69) is 10.5 Å². The van der Waals surface area contributed by atoms with E-state index in [4.69, 9.17) is 9.26 Å². The van der Waals surface area contributed by atoms with Crippen LogP contribution in [-0.4, -0.2) is 54.7 Å². The molecule has 2 heterocycles. The van der Waals surface area contributed by atoms with Crippen molar-refractivity contribution in [3.63, 3.8) is 0 Å². The lowest BCUT2D eigenvalue weighted by Crippen LogP contribution is -2.53. The summed E-state index contributed by atoms with van der Waals surface area (Å²) in [4.78, 5) is 26.7. The van der Waals surface area contributed by atoms with Gasteiger partial charge >= 0.3 is 0 Å². The number of hydrogen-bond acceptors (Lipinski definition) is 5. The Labute approximate surface area is 175 Å². The van der Waals surface area contributed by atoms with Crippen LogP contribution in [0.1, 0.15) is 32.4 Å². The molecule has 0 radical (unpaired) electrons. The third kappa shape index (κ3) is 5.05. The third-order valence-corrected chi connectivity index (χ3v) is 5.65. The van der Waals surface area contributed by atoms with Gasteiger partial charge in [0.05, 0.1) is 12.0 Å². The van der Waals surface area contributed by atoms with Gasteiger partial charge in [0.2, 0.25) is 11.8 Å². The molecule has 2 amide bonds. The molecule has 0 bridgehead atoms. The van der Waals surface area contributed by atoms with Crippen LogP contribution in [0.4, 0.5) is 4.39 Å². The molecule has 1 atom stereocenters. The molecule has 0 spiro atoms. The molecule has 1 aromatic carbocycles. The second-order valence-corrected chi connectivity index (χ2v) is 7.98. The Morgan fingerprint density at radius 3 is 2.57 bits per heavy atom. The van der Waals surface area contributed by atoms with Crippen molar-refractivity contribution in [2.24, 2.45) is 5.41 Å². The van der Waals surface area contributed by atoms with Crippen molar-refractivity contribution < 1.29 is 23.2 Å². The largest absolute Gasteiger partial charge is 0.383 e. The maximum absolute atomic E-state index is 13.2. The van der Waals surface area contributed by atoms with E-state index < -0.39 is 5.41 Å². The summed E-state index contributed by atoms with van der Waals surface area (Å²) in [5.74, 6) is 0.200. The van der Waals surface area contributed by atoms with Crippen LogP contribution >= 0.6 is 0 Å². The number of likely N-dealkylation sites (tertiary alicyclic amines) is 1. The van der Waals surface area contributed by atoms with Gasteiger partial charge in [-0.2, -0.15) is 0 Å². The summed E-state index contributed by atoms with van der Waals surface area (Å²) >= 11 is 0. The number of ether oxygens (including phenoxy) is 1. The monoisotopic (exact) mass is 417 g/mol. The van der Waals surface area contributed by atoms with Crippen molar-refractivity contribution in [2.75, 3.05) is 26.8 Å². The van der Waals surface area contributed by atoms with E-state index in [0.29, 0.717) is 50.4 Å². The van der Waals surface area contributed by atoms with E-state index in [-0.39, 0.29) is 23.7 Å². The van der Waals surface area contributed by atoms with Gasteiger partial charge in [-0.3, -0.25) is 9.59 Å². The van der Waals surface area contributed by atoms with E-state index in [1.165, 1.54) is 12.1 Å². The molecule has 0 unspecified atom stereocenters. The highest BCUT2D eigenvalue weighted by Crippen LogP contribution is 2.36. The maximum atomic E-state index is 13.2. The minimum Gasteiger partial charge on any atom is -0.383 e. The number of benzene rings is 1. The van der Waals surface area contributed by atoms with E-state index in [1.54, 1.807) is 37.1 Å². The zero-order valence-electron chi connectivity index (χ0n) is 17.6. The number of halogens is 1. The quantitative estimate of drug-likeness (QED) is 0.749. The Kier molecular flexibility index (Phi) is 6.87. The Morgan fingerprint density at radius 1 is 1.30 bits per heavy atom. The van der Waals surface area contributed by atoms with Crippen LogP contribution in [0.25, 0.3) is 11.3 Å². The first-order valence-corrected chi connectivity index (χ1v) is 10.1. The number of piperidine rings is 1. The molecule has 7 nitrogen and oxygen atoms in total. The van der Waals surface area contributed by atoms with Gasteiger partial charge < -0.3 is 19.5 Å². The average molecular weight is 417 g/mol. The zero-order valence-corrected chi connectivity index (χ0v) is 17.6. The fourth-order valence-electron chi connectivity index (χ4n) is 3.89. The number of rotatable bonds is 7.